The van der Waals surface area contributed by atoms with Gasteiger partial charge < -0.3 is 16.7 Å². The van der Waals surface area contributed by atoms with Crippen molar-refractivity contribution in [1.29, 1.82) is 0 Å². The zero-order valence-corrected chi connectivity index (χ0v) is 7.27. The summed E-state index contributed by atoms with van der Waals surface area (Å²) < 4.78 is 0. The van der Waals surface area contributed by atoms with Crippen LogP contribution < -0.4 is 11.5 Å². The molecular formula is C9H13N3O. The standard InChI is InChI=1S/C9H13N3O/c10-6-5-7-1-3-8(4-2-7)9(11)12-13/h1-4,13H,5-6,10H2,(H2,11,12). The number of hydrogen-bond acceptors (Lipinski definition) is 3. The average molecular weight is 179 g/mol. The second-order valence-electron chi connectivity index (χ2n) is 2.72. The molecule has 4 nitrogen and oxygen atoms in total. The van der Waals surface area contributed by atoms with Crippen molar-refractivity contribution in [2.24, 2.45) is 16.6 Å². The van der Waals surface area contributed by atoms with E-state index in [0.717, 1.165) is 12.0 Å². The average Bonchev–Trinajstić information content (AvgIpc) is 2.18. The van der Waals surface area contributed by atoms with E-state index in [9.17, 15) is 0 Å². The fraction of sp³-hybridized carbons (Fsp3) is 0.222. The smallest absolute Gasteiger partial charge is 0.170 e. The van der Waals surface area contributed by atoms with Gasteiger partial charge in [-0.2, -0.15) is 0 Å². The highest BCUT2D eigenvalue weighted by molar-refractivity contribution is 5.96. The number of oxime groups is 1. The van der Waals surface area contributed by atoms with Crippen LogP contribution in [0, 0.1) is 0 Å². The van der Waals surface area contributed by atoms with Crippen molar-refractivity contribution in [2.75, 3.05) is 6.54 Å². The molecule has 0 unspecified atom stereocenters. The predicted molar refractivity (Wildman–Crippen MR) is 51.7 cm³/mol. The van der Waals surface area contributed by atoms with Gasteiger partial charge in [-0.25, -0.2) is 0 Å². The molecule has 1 rings (SSSR count). The van der Waals surface area contributed by atoms with Crippen LogP contribution in [-0.2, 0) is 6.42 Å². The number of nitrogens with two attached hydrogens (primary N) is 2. The zero-order chi connectivity index (χ0) is 9.68. The van der Waals surface area contributed by atoms with Crippen molar-refractivity contribution in [1.82, 2.24) is 0 Å². The van der Waals surface area contributed by atoms with Crippen LogP contribution >= 0.6 is 0 Å². The first-order chi connectivity index (χ1) is 6.27. The van der Waals surface area contributed by atoms with E-state index in [1.807, 2.05) is 12.1 Å². The van der Waals surface area contributed by atoms with Gasteiger partial charge in [0.2, 0.25) is 0 Å². The van der Waals surface area contributed by atoms with Crippen molar-refractivity contribution >= 4 is 5.84 Å². The summed E-state index contributed by atoms with van der Waals surface area (Å²) in [4.78, 5) is 0. The molecule has 0 atom stereocenters. The molecule has 1 aromatic rings. The first-order valence-corrected chi connectivity index (χ1v) is 4.05. The molecular weight excluding hydrogens is 166 g/mol. The summed E-state index contributed by atoms with van der Waals surface area (Å²) >= 11 is 0. The summed E-state index contributed by atoms with van der Waals surface area (Å²) in [6.45, 7) is 0.628. The Morgan fingerprint density at radius 3 is 2.38 bits per heavy atom. The minimum atomic E-state index is 0.124. The largest absolute Gasteiger partial charge is 0.409 e. The highest BCUT2D eigenvalue weighted by Gasteiger charge is 1.97. The van der Waals surface area contributed by atoms with Crippen LogP contribution in [0.3, 0.4) is 0 Å². The van der Waals surface area contributed by atoms with Crippen LogP contribution in [0.1, 0.15) is 11.1 Å². The van der Waals surface area contributed by atoms with Crippen LogP contribution in [0.5, 0.6) is 0 Å². The lowest BCUT2D eigenvalue weighted by Gasteiger charge is -2.00. The lowest BCUT2D eigenvalue weighted by molar-refractivity contribution is 0.318. The molecule has 0 spiro atoms. The summed E-state index contributed by atoms with van der Waals surface area (Å²) in [6, 6.07) is 7.44. The van der Waals surface area contributed by atoms with Gasteiger partial charge in [-0.1, -0.05) is 29.4 Å². The lowest BCUT2D eigenvalue weighted by Crippen LogP contribution is -2.13. The predicted octanol–water partition coefficient (Wildman–Crippen LogP) is 0.282. The molecule has 5 N–H and O–H groups in total. The Morgan fingerprint density at radius 2 is 1.92 bits per heavy atom. The molecule has 0 heterocycles. The van der Waals surface area contributed by atoms with Gasteiger partial charge >= 0.3 is 0 Å². The normalized spacial score (nSPS) is 11.6. The Hall–Kier alpha value is -1.55. The third-order valence-corrected chi connectivity index (χ3v) is 1.79. The van der Waals surface area contributed by atoms with Crippen molar-refractivity contribution in [3.05, 3.63) is 35.4 Å². The molecule has 0 aliphatic rings. The monoisotopic (exact) mass is 179 g/mol. The van der Waals surface area contributed by atoms with E-state index < -0.39 is 0 Å². The summed E-state index contributed by atoms with van der Waals surface area (Å²) in [5.74, 6) is 0.124. The molecule has 4 heteroatoms. The second kappa shape index (κ2) is 4.47. The van der Waals surface area contributed by atoms with E-state index in [-0.39, 0.29) is 5.84 Å². The molecule has 0 aliphatic carbocycles. The van der Waals surface area contributed by atoms with Crippen molar-refractivity contribution in [3.63, 3.8) is 0 Å². The Kier molecular flexibility index (Phi) is 3.28. The number of nitrogens with zero attached hydrogens (tertiary/aromatic N) is 1. The van der Waals surface area contributed by atoms with Crippen LogP contribution in [-0.4, -0.2) is 17.6 Å². The second-order valence-corrected chi connectivity index (χ2v) is 2.72. The molecule has 70 valence electrons. The topological polar surface area (TPSA) is 84.6 Å². The van der Waals surface area contributed by atoms with E-state index in [2.05, 4.69) is 5.16 Å². The zero-order valence-electron chi connectivity index (χ0n) is 7.27. The molecule has 0 saturated carbocycles. The van der Waals surface area contributed by atoms with Gasteiger partial charge in [0.05, 0.1) is 0 Å². The molecule has 1 aromatic carbocycles. The Balaban J connectivity index is 2.81. The minimum absolute atomic E-state index is 0.124. The van der Waals surface area contributed by atoms with Gasteiger partial charge in [0.15, 0.2) is 5.84 Å². The first-order valence-electron chi connectivity index (χ1n) is 4.05. The third kappa shape index (κ3) is 2.45. The van der Waals surface area contributed by atoms with E-state index >= 15 is 0 Å². The van der Waals surface area contributed by atoms with Crippen molar-refractivity contribution < 1.29 is 5.21 Å². The number of benzene rings is 1. The van der Waals surface area contributed by atoms with Crippen LogP contribution in [0.15, 0.2) is 29.4 Å². The van der Waals surface area contributed by atoms with E-state index in [4.69, 9.17) is 16.7 Å². The Labute approximate surface area is 76.8 Å². The van der Waals surface area contributed by atoms with Crippen molar-refractivity contribution in [2.45, 2.75) is 6.42 Å². The SMILES string of the molecule is NCCc1ccc(C(N)=NO)cc1. The Morgan fingerprint density at radius 1 is 1.31 bits per heavy atom. The summed E-state index contributed by atoms with van der Waals surface area (Å²) in [7, 11) is 0. The van der Waals surface area contributed by atoms with Gasteiger partial charge in [-0.3, -0.25) is 0 Å². The van der Waals surface area contributed by atoms with E-state index in [1.165, 1.54) is 0 Å². The number of hydrogen-bond donors (Lipinski definition) is 3. The van der Waals surface area contributed by atoms with Gasteiger partial charge in [0.25, 0.3) is 0 Å². The van der Waals surface area contributed by atoms with Crippen LogP contribution in [0.4, 0.5) is 0 Å². The summed E-state index contributed by atoms with van der Waals surface area (Å²) in [5.41, 5.74) is 12.7. The fourth-order valence-electron chi connectivity index (χ4n) is 1.07. The molecule has 13 heavy (non-hydrogen) atoms. The molecule has 0 bridgehead atoms. The molecule has 0 radical (unpaired) electrons. The van der Waals surface area contributed by atoms with E-state index in [0.29, 0.717) is 12.1 Å². The minimum Gasteiger partial charge on any atom is -0.409 e. The molecule has 0 aromatic heterocycles. The van der Waals surface area contributed by atoms with Gasteiger partial charge in [-0.05, 0) is 18.5 Å². The highest BCUT2D eigenvalue weighted by Crippen LogP contribution is 2.04. The maximum absolute atomic E-state index is 8.40. The quantitative estimate of drug-likeness (QED) is 0.270. The number of rotatable bonds is 3. The summed E-state index contributed by atoms with van der Waals surface area (Å²) in [6.07, 6.45) is 0.844. The van der Waals surface area contributed by atoms with Crippen LogP contribution in [0.2, 0.25) is 0 Å². The van der Waals surface area contributed by atoms with Gasteiger partial charge in [0.1, 0.15) is 0 Å². The maximum atomic E-state index is 8.40. The number of amidine groups is 1. The third-order valence-electron chi connectivity index (χ3n) is 1.79. The molecule has 0 fully saturated rings. The van der Waals surface area contributed by atoms with Gasteiger partial charge in [0, 0.05) is 5.56 Å². The first kappa shape index (κ1) is 9.54. The summed E-state index contributed by atoms with van der Waals surface area (Å²) in [5, 5.41) is 11.3. The van der Waals surface area contributed by atoms with E-state index in [1.54, 1.807) is 12.1 Å². The molecule has 0 aliphatic heterocycles. The van der Waals surface area contributed by atoms with Crippen LogP contribution in [0.25, 0.3) is 0 Å². The highest BCUT2D eigenvalue weighted by atomic mass is 16.4. The molecule has 0 amide bonds. The maximum Gasteiger partial charge on any atom is 0.170 e. The van der Waals surface area contributed by atoms with Crippen molar-refractivity contribution in [3.8, 4) is 0 Å². The Bertz CT molecular complexity index is 292. The molecule has 0 saturated heterocycles. The van der Waals surface area contributed by atoms with Gasteiger partial charge in [-0.15, -0.1) is 0 Å². The fourth-order valence-corrected chi connectivity index (χ4v) is 1.07. The lowest BCUT2D eigenvalue weighted by atomic mass is 10.1.